The van der Waals surface area contributed by atoms with Crippen molar-refractivity contribution in [3.05, 3.63) is 29.8 Å². The maximum absolute atomic E-state index is 9.41. The number of nitrogens with zero attached hydrogens (tertiary/aromatic N) is 1. The number of hydrogen-bond donors (Lipinski definition) is 2. The van der Waals surface area contributed by atoms with Crippen LogP contribution in [-0.2, 0) is 0 Å². The Hall–Kier alpha value is -1.06. The first-order valence-corrected chi connectivity index (χ1v) is 5.82. The molecular formula is C13H21NO2. The molecule has 0 radical (unpaired) electrons. The summed E-state index contributed by atoms with van der Waals surface area (Å²) in [5.74, 6) is 0. The number of rotatable bonds is 6. The Morgan fingerprint density at radius 3 is 2.31 bits per heavy atom. The third-order valence-corrected chi connectivity index (χ3v) is 2.71. The van der Waals surface area contributed by atoms with Gasteiger partial charge in [-0.25, -0.2) is 0 Å². The Morgan fingerprint density at radius 1 is 1.25 bits per heavy atom. The average molecular weight is 223 g/mol. The molecule has 90 valence electrons. The van der Waals surface area contributed by atoms with Gasteiger partial charge < -0.3 is 15.1 Å². The van der Waals surface area contributed by atoms with Gasteiger partial charge in [0.05, 0.1) is 6.10 Å². The fraction of sp³-hybridized carbons (Fsp3) is 0.538. The van der Waals surface area contributed by atoms with Crippen LogP contribution in [0.25, 0.3) is 0 Å². The molecule has 0 saturated heterocycles. The molecule has 0 spiro atoms. The van der Waals surface area contributed by atoms with E-state index < -0.39 is 6.10 Å². The highest BCUT2D eigenvalue weighted by molar-refractivity contribution is 5.47. The lowest BCUT2D eigenvalue weighted by molar-refractivity contribution is 0.199. The molecule has 16 heavy (non-hydrogen) atoms. The molecule has 0 amide bonds. The van der Waals surface area contributed by atoms with Crippen molar-refractivity contribution < 1.29 is 10.2 Å². The Morgan fingerprint density at radius 2 is 1.88 bits per heavy atom. The van der Waals surface area contributed by atoms with Crippen molar-refractivity contribution in [2.24, 2.45) is 0 Å². The predicted octanol–water partition coefficient (Wildman–Crippen LogP) is 1.95. The van der Waals surface area contributed by atoms with Crippen LogP contribution in [0.5, 0.6) is 0 Å². The Kier molecular flexibility index (Phi) is 5.29. The first-order chi connectivity index (χ1) is 7.69. The molecule has 0 aliphatic carbocycles. The summed E-state index contributed by atoms with van der Waals surface area (Å²) in [6.45, 7) is 5.87. The number of hydrogen-bond acceptors (Lipinski definition) is 3. The highest BCUT2D eigenvalue weighted by Crippen LogP contribution is 2.19. The van der Waals surface area contributed by atoms with Crippen molar-refractivity contribution in [1.29, 1.82) is 0 Å². The molecule has 0 saturated carbocycles. The molecule has 0 aliphatic heterocycles. The van der Waals surface area contributed by atoms with Crippen molar-refractivity contribution >= 4 is 5.69 Å². The van der Waals surface area contributed by atoms with Crippen LogP contribution in [0, 0.1) is 0 Å². The standard InChI is InChI=1S/C13H21NO2/c1-3-14(9-4-10-15)13-7-5-12(6-8-13)11(2)16/h5-8,11,15-16H,3-4,9-10H2,1-2H3/t11-/m1/s1. The minimum Gasteiger partial charge on any atom is -0.396 e. The van der Waals surface area contributed by atoms with Gasteiger partial charge in [0, 0.05) is 25.4 Å². The SMILES string of the molecule is CCN(CCCO)c1ccc([C@@H](C)O)cc1. The molecule has 3 nitrogen and oxygen atoms in total. The van der Waals surface area contributed by atoms with E-state index in [1.165, 1.54) is 0 Å². The number of aliphatic hydroxyl groups excluding tert-OH is 2. The lowest BCUT2D eigenvalue weighted by Gasteiger charge is -2.23. The van der Waals surface area contributed by atoms with Crippen LogP contribution < -0.4 is 4.90 Å². The minimum absolute atomic E-state index is 0.224. The quantitative estimate of drug-likeness (QED) is 0.774. The van der Waals surface area contributed by atoms with Gasteiger partial charge in [0.1, 0.15) is 0 Å². The van der Waals surface area contributed by atoms with Gasteiger partial charge in [0.15, 0.2) is 0 Å². The number of benzene rings is 1. The molecule has 1 rings (SSSR count). The predicted molar refractivity (Wildman–Crippen MR) is 66.7 cm³/mol. The second kappa shape index (κ2) is 6.51. The molecule has 1 aromatic carbocycles. The Labute approximate surface area is 97.3 Å². The van der Waals surface area contributed by atoms with E-state index in [4.69, 9.17) is 5.11 Å². The van der Waals surface area contributed by atoms with Crippen LogP contribution in [0.15, 0.2) is 24.3 Å². The first-order valence-electron chi connectivity index (χ1n) is 5.82. The van der Waals surface area contributed by atoms with E-state index in [2.05, 4.69) is 11.8 Å². The van der Waals surface area contributed by atoms with Crippen molar-refractivity contribution in [2.45, 2.75) is 26.4 Å². The molecule has 0 fully saturated rings. The topological polar surface area (TPSA) is 43.7 Å². The zero-order valence-corrected chi connectivity index (χ0v) is 10.1. The van der Waals surface area contributed by atoms with Crippen LogP contribution in [-0.4, -0.2) is 29.9 Å². The van der Waals surface area contributed by atoms with E-state index in [0.29, 0.717) is 0 Å². The van der Waals surface area contributed by atoms with Gasteiger partial charge >= 0.3 is 0 Å². The molecular weight excluding hydrogens is 202 g/mol. The van der Waals surface area contributed by atoms with Gasteiger partial charge in [-0.1, -0.05) is 12.1 Å². The van der Waals surface area contributed by atoms with Gasteiger partial charge in [-0.05, 0) is 38.0 Å². The summed E-state index contributed by atoms with van der Waals surface area (Å²) in [4.78, 5) is 2.21. The van der Waals surface area contributed by atoms with Crippen LogP contribution in [0.4, 0.5) is 5.69 Å². The molecule has 3 heteroatoms. The lowest BCUT2D eigenvalue weighted by Crippen LogP contribution is -2.24. The first kappa shape index (κ1) is 13.0. The summed E-state index contributed by atoms with van der Waals surface area (Å²) in [5.41, 5.74) is 2.07. The van der Waals surface area contributed by atoms with Crippen molar-refractivity contribution in [1.82, 2.24) is 0 Å². The van der Waals surface area contributed by atoms with Gasteiger partial charge in [-0.2, -0.15) is 0 Å². The third-order valence-electron chi connectivity index (χ3n) is 2.71. The van der Waals surface area contributed by atoms with E-state index >= 15 is 0 Å². The molecule has 2 N–H and O–H groups in total. The normalized spacial score (nSPS) is 12.5. The number of aliphatic hydroxyl groups is 2. The zero-order chi connectivity index (χ0) is 12.0. The molecule has 0 unspecified atom stereocenters. The Balaban J connectivity index is 2.70. The zero-order valence-electron chi connectivity index (χ0n) is 10.1. The van der Waals surface area contributed by atoms with Crippen LogP contribution in [0.2, 0.25) is 0 Å². The van der Waals surface area contributed by atoms with Crippen LogP contribution >= 0.6 is 0 Å². The molecule has 0 aromatic heterocycles. The molecule has 1 aromatic rings. The van der Waals surface area contributed by atoms with Crippen molar-refractivity contribution in [3.63, 3.8) is 0 Å². The summed E-state index contributed by atoms with van der Waals surface area (Å²) in [5, 5.41) is 18.2. The minimum atomic E-state index is -0.415. The van der Waals surface area contributed by atoms with Crippen LogP contribution in [0.1, 0.15) is 31.9 Å². The Bertz CT molecular complexity index is 295. The maximum atomic E-state index is 9.41. The highest BCUT2D eigenvalue weighted by atomic mass is 16.3. The highest BCUT2D eigenvalue weighted by Gasteiger charge is 2.05. The largest absolute Gasteiger partial charge is 0.396 e. The smallest absolute Gasteiger partial charge is 0.0761 e. The van der Waals surface area contributed by atoms with Gasteiger partial charge in [0.2, 0.25) is 0 Å². The maximum Gasteiger partial charge on any atom is 0.0761 e. The molecule has 0 heterocycles. The van der Waals surface area contributed by atoms with E-state index in [-0.39, 0.29) is 6.61 Å². The summed E-state index contributed by atoms with van der Waals surface area (Å²) in [6, 6.07) is 7.93. The van der Waals surface area contributed by atoms with Crippen molar-refractivity contribution in [3.8, 4) is 0 Å². The third kappa shape index (κ3) is 3.51. The average Bonchev–Trinajstić information content (AvgIpc) is 2.30. The fourth-order valence-corrected chi connectivity index (χ4v) is 1.70. The second-order valence-corrected chi connectivity index (χ2v) is 3.92. The van der Waals surface area contributed by atoms with E-state index in [1.807, 2.05) is 24.3 Å². The molecule has 0 aliphatic rings. The van der Waals surface area contributed by atoms with Crippen molar-refractivity contribution in [2.75, 3.05) is 24.6 Å². The van der Waals surface area contributed by atoms with Crippen LogP contribution in [0.3, 0.4) is 0 Å². The van der Waals surface area contributed by atoms with E-state index in [9.17, 15) is 5.11 Å². The monoisotopic (exact) mass is 223 g/mol. The second-order valence-electron chi connectivity index (χ2n) is 3.92. The summed E-state index contributed by atoms with van der Waals surface area (Å²) in [6.07, 6.45) is 0.369. The van der Waals surface area contributed by atoms with E-state index in [0.717, 1.165) is 30.8 Å². The van der Waals surface area contributed by atoms with Gasteiger partial charge in [0.25, 0.3) is 0 Å². The van der Waals surface area contributed by atoms with E-state index in [1.54, 1.807) is 6.92 Å². The summed E-state index contributed by atoms with van der Waals surface area (Å²) < 4.78 is 0. The fourth-order valence-electron chi connectivity index (χ4n) is 1.70. The van der Waals surface area contributed by atoms with Gasteiger partial charge in [-0.3, -0.25) is 0 Å². The summed E-state index contributed by atoms with van der Waals surface area (Å²) >= 11 is 0. The summed E-state index contributed by atoms with van der Waals surface area (Å²) in [7, 11) is 0. The molecule has 1 atom stereocenters. The number of anilines is 1. The lowest BCUT2D eigenvalue weighted by atomic mass is 10.1. The molecule has 0 bridgehead atoms. The van der Waals surface area contributed by atoms with Gasteiger partial charge in [-0.15, -0.1) is 0 Å².